The van der Waals surface area contributed by atoms with E-state index in [1.165, 1.54) is 0 Å². The molecule has 10 nitrogen and oxygen atoms in total. The largest absolute Gasteiger partial charge is 0.495 e. The summed E-state index contributed by atoms with van der Waals surface area (Å²) < 4.78 is 5.50. The van der Waals surface area contributed by atoms with Crippen molar-refractivity contribution in [2.24, 2.45) is 0 Å². The molecule has 180 valence electrons. The number of benzene rings is 2. The molecular formula is C25H27N7O3. The third kappa shape index (κ3) is 5.32. The molecule has 2 heterocycles. The summed E-state index contributed by atoms with van der Waals surface area (Å²) in [5.74, 6) is 1.23. The van der Waals surface area contributed by atoms with Crippen LogP contribution >= 0.6 is 0 Å². The Balaban J connectivity index is 1.67. The lowest BCUT2D eigenvalue weighted by atomic mass is 10.1. The SMILES string of the molecule is CCC(=O)NCc1ccc(OC)c(Nc2nc(Nc3ccccc3C(=O)NC)c3cc[nH]c3n2)c1. The Bertz CT molecular complexity index is 1370. The van der Waals surface area contributed by atoms with Crippen LogP contribution in [0.5, 0.6) is 5.75 Å². The highest BCUT2D eigenvalue weighted by Crippen LogP contribution is 2.31. The van der Waals surface area contributed by atoms with E-state index in [4.69, 9.17) is 4.74 Å². The number of ether oxygens (including phenoxy) is 1. The Hall–Kier alpha value is -4.60. The Morgan fingerprint density at radius 3 is 2.63 bits per heavy atom. The van der Waals surface area contributed by atoms with Crippen molar-refractivity contribution < 1.29 is 14.3 Å². The van der Waals surface area contributed by atoms with E-state index < -0.39 is 0 Å². The number of fused-ring (bicyclic) bond motifs is 1. The van der Waals surface area contributed by atoms with Crippen LogP contribution in [-0.2, 0) is 11.3 Å². The molecule has 0 radical (unpaired) electrons. The molecule has 0 aliphatic rings. The smallest absolute Gasteiger partial charge is 0.253 e. The Morgan fingerprint density at radius 2 is 1.86 bits per heavy atom. The summed E-state index contributed by atoms with van der Waals surface area (Å²) in [5.41, 5.74) is 3.28. The van der Waals surface area contributed by atoms with Crippen molar-refractivity contribution in [3.63, 3.8) is 0 Å². The maximum absolute atomic E-state index is 12.3. The van der Waals surface area contributed by atoms with E-state index in [0.29, 0.717) is 53.1 Å². The number of H-pyrrole nitrogens is 1. The number of nitrogens with zero attached hydrogens (tertiary/aromatic N) is 2. The van der Waals surface area contributed by atoms with Crippen molar-refractivity contribution in [1.82, 2.24) is 25.6 Å². The highest BCUT2D eigenvalue weighted by atomic mass is 16.5. The third-order valence-electron chi connectivity index (χ3n) is 5.39. The molecule has 0 unspecified atom stereocenters. The summed E-state index contributed by atoms with van der Waals surface area (Å²) in [6.07, 6.45) is 2.20. The summed E-state index contributed by atoms with van der Waals surface area (Å²) in [6.45, 7) is 2.20. The van der Waals surface area contributed by atoms with Gasteiger partial charge in [-0.05, 0) is 35.9 Å². The predicted octanol–water partition coefficient (Wildman–Crippen LogP) is 3.84. The first kappa shape index (κ1) is 23.6. The second-order valence-electron chi connectivity index (χ2n) is 7.68. The van der Waals surface area contributed by atoms with Crippen LogP contribution in [0.25, 0.3) is 11.0 Å². The zero-order valence-corrected chi connectivity index (χ0v) is 19.7. The number of hydrogen-bond acceptors (Lipinski definition) is 7. The molecule has 0 spiro atoms. The predicted molar refractivity (Wildman–Crippen MR) is 135 cm³/mol. The van der Waals surface area contributed by atoms with E-state index in [1.54, 1.807) is 32.5 Å². The average Bonchev–Trinajstić information content (AvgIpc) is 3.36. The van der Waals surface area contributed by atoms with Crippen LogP contribution in [0.4, 0.5) is 23.1 Å². The Kier molecular flexibility index (Phi) is 7.10. The van der Waals surface area contributed by atoms with Crippen LogP contribution in [-0.4, -0.2) is 40.9 Å². The first-order valence-electron chi connectivity index (χ1n) is 11.2. The molecule has 0 saturated carbocycles. The van der Waals surface area contributed by atoms with Crippen molar-refractivity contribution in [1.29, 1.82) is 0 Å². The zero-order chi connectivity index (χ0) is 24.8. The van der Waals surface area contributed by atoms with Gasteiger partial charge in [-0.25, -0.2) is 0 Å². The second kappa shape index (κ2) is 10.6. The fourth-order valence-electron chi connectivity index (χ4n) is 3.55. The van der Waals surface area contributed by atoms with Crippen molar-refractivity contribution in [2.75, 3.05) is 24.8 Å². The van der Waals surface area contributed by atoms with E-state index in [9.17, 15) is 9.59 Å². The number of para-hydroxylation sites is 1. The minimum Gasteiger partial charge on any atom is -0.495 e. The number of rotatable bonds is 9. The minimum absolute atomic E-state index is 0.0244. The third-order valence-corrected chi connectivity index (χ3v) is 5.39. The van der Waals surface area contributed by atoms with Crippen LogP contribution in [0, 0.1) is 0 Å². The van der Waals surface area contributed by atoms with Gasteiger partial charge >= 0.3 is 0 Å². The van der Waals surface area contributed by atoms with Crippen molar-refractivity contribution in [2.45, 2.75) is 19.9 Å². The summed E-state index contributed by atoms with van der Waals surface area (Å²) in [5, 5.41) is 12.8. The van der Waals surface area contributed by atoms with Gasteiger partial charge in [-0.2, -0.15) is 9.97 Å². The van der Waals surface area contributed by atoms with Crippen molar-refractivity contribution >= 4 is 46.0 Å². The molecule has 2 aromatic carbocycles. The van der Waals surface area contributed by atoms with Crippen LogP contribution < -0.4 is 26.0 Å². The fourth-order valence-corrected chi connectivity index (χ4v) is 3.55. The van der Waals surface area contributed by atoms with E-state index in [0.717, 1.165) is 10.9 Å². The lowest BCUT2D eigenvalue weighted by Crippen LogP contribution is -2.21. The highest BCUT2D eigenvalue weighted by Gasteiger charge is 2.15. The average molecular weight is 474 g/mol. The molecule has 0 saturated heterocycles. The molecular weight excluding hydrogens is 446 g/mol. The molecule has 5 N–H and O–H groups in total. The second-order valence-corrected chi connectivity index (χ2v) is 7.68. The molecule has 0 fully saturated rings. The van der Waals surface area contributed by atoms with Crippen LogP contribution in [0.3, 0.4) is 0 Å². The molecule has 0 aliphatic heterocycles. The van der Waals surface area contributed by atoms with E-state index in [2.05, 4.69) is 36.2 Å². The molecule has 2 aromatic heterocycles. The molecule has 10 heteroatoms. The molecule has 0 aliphatic carbocycles. The Morgan fingerprint density at radius 1 is 1.03 bits per heavy atom. The van der Waals surface area contributed by atoms with Crippen LogP contribution in [0.2, 0.25) is 0 Å². The highest BCUT2D eigenvalue weighted by molar-refractivity contribution is 6.01. The first-order valence-corrected chi connectivity index (χ1v) is 11.2. The normalized spacial score (nSPS) is 10.6. The van der Waals surface area contributed by atoms with Gasteiger partial charge in [0, 0.05) is 26.2 Å². The number of aromatic amines is 1. The lowest BCUT2D eigenvalue weighted by molar-refractivity contribution is -0.120. The van der Waals surface area contributed by atoms with Gasteiger partial charge in [-0.1, -0.05) is 25.1 Å². The van der Waals surface area contributed by atoms with Gasteiger partial charge in [0.1, 0.15) is 17.2 Å². The van der Waals surface area contributed by atoms with Gasteiger partial charge in [-0.15, -0.1) is 0 Å². The number of anilines is 4. The fraction of sp³-hybridized carbons (Fsp3) is 0.200. The van der Waals surface area contributed by atoms with Gasteiger partial charge in [0.05, 0.1) is 29.4 Å². The maximum Gasteiger partial charge on any atom is 0.253 e. The topological polar surface area (TPSA) is 133 Å². The molecule has 4 rings (SSSR count). The van der Waals surface area contributed by atoms with E-state index in [1.807, 2.05) is 43.3 Å². The van der Waals surface area contributed by atoms with Crippen molar-refractivity contribution in [3.05, 3.63) is 65.9 Å². The maximum atomic E-state index is 12.3. The summed E-state index contributed by atoms with van der Waals surface area (Å²) in [4.78, 5) is 36.3. The van der Waals surface area contributed by atoms with Gasteiger partial charge in [0.15, 0.2) is 0 Å². The first-order chi connectivity index (χ1) is 17.0. The number of nitrogens with one attached hydrogen (secondary N) is 5. The van der Waals surface area contributed by atoms with Crippen LogP contribution in [0.15, 0.2) is 54.7 Å². The number of methoxy groups -OCH3 is 1. The minimum atomic E-state index is -0.206. The number of hydrogen-bond donors (Lipinski definition) is 5. The lowest BCUT2D eigenvalue weighted by Gasteiger charge is -2.15. The monoisotopic (exact) mass is 473 g/mol. The number of amides is 2. The molecule has 2 amide bonds. The zero-order valence-electron chi connectivity index (χ0n) is 19.7. The van der Waals surface area contributed by atoms with Crippen LogP contribution in [0.1, 0.15) is 29.3 Å². The summed E-state index contributed by atoms with van der Waals surface area (Å²) in [7, 11) is 3.17. The van der Waals surface area contributed by atoms with Gasteiger partial charge in [-0.3, -0.25) is 9.59 Å². The summed E-state index contributed by atoms with van der Waals surface area (Å²) in [6, 6.07) is 14.7. The molecule has 4 aromatic rings. The van der Waals surface area contributed by atoms with Gasteiger partial charge < -0.3 is 31.0 Å². The van der Waals surface area contributed by atoms with E-state index in [-0.39, 0.29) is 11.8 Å². The molecule has 35 heavy (non-hydrogen) atoms. The standard InChI is InChI=1S/C25H27N7O3/c1-4-21(33)28-14-15-9-10-20(35-3)19(13-15)30-25-31-22-17(11-12-27-22)23(32-25)29-18-8-6-5-7-16(18)24(34)26-2/h5-13H,4,14H2,1-3H3,(H,26,34)(H,28,33)(H3,27,29,30,31,32). The molecule has 0 atom stereocenters. The number of carbonyl (C=O) groups excluding carboxylic acids is 2. The number of carbonyl (C=O) groups is 2. The van der Waals surface area contributed by atoms with Gasteiger partial charge in [0.25, 0.3) is 5.91 Å². The number of aromatic nitrogens is 3. The summed E-state index contributed by atoms with van der Waals surface area (Å²) >= 11 is 0. The van der Waals surface area contributed by atoms with E-state index >= 15 is 0 Å². The quantitative estimate of drug-likeness (QED) is 0.249. The molecule has 0 bridgehead atoms. The Labute approximate surface area is 202 Å². The van der Waals surface area contributed by atoms with Crippen molar-refractivity contribution in [3.8, 4) is 5.75 Å². The van der Waals surface area contributed by atoms with Gasteiger partial charge in [0.2, 0.25) is 11.9 Å².